The fourth-order valence-corrected chi connectivity index (χ4v) is 1.52. The van der Waals surface area contributed by atoms with E-state index in [2.05, 4.69) is 6.92 Å². The third-order valence-electron chi connectivity index (χ3n) is 1.56. The van der Waals surface area contributed by atoms with Crippen LogP contribution in [0.5, 0.6) is 0 Å². The summed E-state index contributed by atoms with van der Waals surface area (Å²) in [5.74, 6) is 0.525. The van der Waals surface area contributed by atoms with Crippen molar-refractivity contribution in [3.05, 3.63) is 0 Å². The van der Waals surface area contributed by atoms with Crippen LogP contribution in [-0.2, 0) is 0 Å². The lowest BCUT2D eigenvalue weighted by molar-refractivity contribution is 0.637. The summed E-state index contributed by atoms with van der Waals surface area (Å²) in [5.41, 5.74) is 0. The van der Waals surface area contributed by atoms with Gasteiger partial charge in [0, 0.05) is 16.6 Å². The van der Waals surface area contributed by atoms with Crippen molar-refractivity contribution < 1.29 is 0 Å². The van der Waals surface area contributed by atoms with Crippen LogP contribution >= 0.6 is 34.8 Å². The normalized spacial score (nSPS) is 16.4. The molecule has 0 radical (unpaired) electrons. The van der Waals surface area contributed by atoms with E-state index in [-0.39, 0.29) is 10.8 Å². The average Bonchev–Trinajstić information content (AvgIpc) is 2.01. The summed E-state index contributed by atoms with van der Waals surface area (Å²) < 4.78 is 0. The summed E-state index contributed by atoms with van der Waals surface area (Å²) in [6.07, 6.45) is 4.13. The molecule has 0 spiro atoms. The molecule has 11 heavy (non-hydrogen) atoms. The van der Waals surface area contributed by atoms with Crippen molar-refractivity contribution in [3.8, 4) is 0 Å². The molecule has 0 aliphatic heterocycles. The van der Waals surface area contributed by atoms with Crippen molar-refractivity contribution in [2.75, 3.05) is 5.88 Å². The average molecular weight is 218 g/mol. The molecule has 2 atom stereocenters. The van der Waals surface area contributed by atoms with Crippen LogP contribution in [0.25, 0.3) is 0 Å². The van der Waals surface area contributed by atoms with Crippen LogP contribution in [-0.4, -0.2) is 16.6 Å². The summed E-state index contributed by atoms with van der Waals surface area (Å²) in [5, 5.41) is 0.374. The number of alkyl halides is 3. The van der Waals surface area contributed by atoms with Crippen molar-refractivity contribution in [1.82, 2.24) is 0 Å². The minimum atomic E-state index is 0.0924. The smallest absolute Gasteiger partial charge is 0.0472 e. The highest BCUT2D eigenvalue weighted by atomic mass is 35.5. The maximum absolute atomic E-state index is 5.98. The molecule has 0 heterocycles. The molecule has 0 aliphatic carbocycles. The Morgan fingerprint density at radius 2 is 1.55 bits per heavy atom. The van der Waals surface area contributed by atoms with Gasteiger partial charge in [0.05, 0.1) is 0 Å². The molecule has 68 valence electrons. The summed E-state index contributed by atoms with van der Waals surface area (Å²) in [6.45, 7) is 2.13. The van der Waals surface area contributed by atoms with Crippen LogP contribution in [0, 0.1) is 0 Å². The van der Waals surface area contributed by atoms with Crippen LogP contribution in [0.1, 0.15) is 32.6 Å². The number of halogens is 3. The standard InChI is InChI=1S/C8H15Cl3/c1-2-3-7(10)4-5-8(11)6-9/h7-8H,2-6H2,1H3. The second kappa shape index (κ2) is 7.52. The first-order chi connectivity index (χ1) is 5.20. The fourth-order valence-electron chi connectivity index (χ4n) is 0.896. The molecule has 0 N–H and O–H groups in total. The summed E-state index contributed by atoms with van der Waals surface area (Å²) in [6, 6.07) is 0. The minimum Gasteiger partial charge on any atom is -0.125 e. The van der Waals surface area contributed by atoms with Gasteiger partial charge in [0.15, 0.2) is 0 Å². The third-order valence-corrected chi connectivity index (χ3v) is 2.90. The third kappa shape index (κ3) is 7.24. The monoisotopic (exact) mass is 216 g/mol. The van der Waals surface area contributed by atoms with Crippen LogP contribution < -0.4 is 0 Å². The number of hydrogen-bond donors (Lipinski definition) is 0. The van der Waals surface area contributed by atoms with Gasteiger partial charge in [0.25, 0.3) is 0 Å². The Hall–Kier alpha value is 0.870. The summed E-state index contributed by atoms with van der Waals surface area (Å²) >= 11 is 17.3. The highest BCUT2D eigenvalue weighted by Gasteiger charge is 2.07. The van der Waals surface area contributed by atoms with Gasteiger partial charge in [-0.2, -0.15) is 0 Å². The van der Waals surface area contributed by atoms with E-state index < -0.39 is 0 Å². The van der Waals surface area contributed by atoms with Gasteiger partial charge in [-0.3, -0.25) is 0 Å². The second-order valence-electron chi connectivity index (χ2n) is 2.71. The first kappa shape index (κ1) is 11.9. The van der Waals surface area contributed by atoms with Crippen molar-refractivity contribution in [2.45, 2.75) is 43.4 Å². The maximum Gasteiger partial charge on any atom is 0.0472 e. The first-order valence-corrected chi connectivity index (χ1v) is 5.45. The van der Waals surface area contributed by atoms with E-state index in [0.717, 1.165) is 25.7 Å². The first-order valence-electron chi connectivity index (χ1n) is 4.04. The minimum absolute atomic E-state index is 0.0924. The van der Waals surface area contributed by atoms with Gasteiger partial charge < -0.3 is 0 Å². The zero-order valence-corrected chi connectivity index (χ0v) is 9.09. The predicted octanol–water partition coefficient (Wildman–Crippen LogP) is 4.02. The van der Waals surface area contributed by atoms with Gasteiger partial charge in [-0.15, -0.1) is 34.8 Å². The molecule has 0 fully saturated rings. The highest BCUT2D eigenvalue weighted by molar-refractivity contribution is 6.28. The van der Waals surface area contributed by atoms with E-state index in [1.54, 1.807) is 0 Å². The summed E-state index contributed by atoms with van der Waals surface area (Å²) in [7, 11) is 0. The van der Waals surface area contributed by atoms with Crippen LogP contribution in [0.3, 0.4) is 0 Å². The molecular weight excluding hydrogens is 202 g/mol. The molecule has 0 aromatic carbocycles. The van der Waals surface area contributed by atoms with Gasteiger partial charge in [0.1, 0.15) is 0 Å². The van der Waals surface area contributed by atoms with Gasteiger partial charge in [0.2, 0.25) is 0 Å². The molecule has 3 heteroatoms. The van der Waals surface area contributed by atoms with Crippen LogP contribution in [0.4, 0.5) is 0 Å². The molecule has 0 aromatic rings. The van der Waals surface area contributed by atoms with Gasteiger partial charge in [-0.1, -0.05) is 13.3 Å². The Bertz CT molecular complexity index is 85.4. The number of rotatable bonds is 6. The quantitative estimate of drug-likeness (QED) is 0.590. The van der Waals surface area contributed by atoms with E-state index in [9.17, 15) is 0 Å². The van der Waals surface area contributed by atoms with E-state index in [1.807, 2.05) is 0 Å². The lowest BCUT2D eigenvalue weighted by atomic mass is 10.1. The van der Waals surface area contributed by atoms with Crippen molar-refractivity contribution >= 4 is 34.8 Å². The van der Waals surface area contributed by atoms with Crippen molar-refractivity contribution in [2.24, 2.45) is 0 Å². The van der Waals surface area contributed by atoms with Gasteiger partial charge in [-0.05, 0) is 19.3 Å². The zero-order valence-electron chi connectivity index (χ0n) is 6.82. The predicted molar refractivity (Wildman–Crippen MR) is 54.1 cm³/mol. The molecule has 2 unspecified atom stereocenters. The van der Waals surface area contributed by atoms with Crippen molar-refractivity contribution in [3.63, 3.8) is 0 Å². The zero-order chi connectivity index (χ0) is 8.69. The molecule has 0 saturated carbocycles. The maximum atomic E-state index is 5.98. The van der Waals surface area contributed by atoms with Crippen LogP contribution in [0.15, 0.2) is 0 Å². The SMILES string of the molecule is CCCC(Cl)CCC(Cl)CCl. The molecule has 0 amide bonds. The van der Waals surface area contributed by atoms with E-state index in [0.29, 0.717) is 5.88 Å². The second-order valence-corrected chi connectivity index (χ2v) is 4.26. The van der Waals surface area contributed by atoms with Gasteiger partial charge >= 0.3 is 0 Å². The molecular formula is C8H15Cl3. The Morgan fingerprint density at radius 3 is 2.00 bits per heavy atom. The van der Waals surface area contributed by atoms with E-state index >= 15 is 0 Å². The molecule has 0 saturated heterocycles. The van der Waals surface area contributed by atoms with Crippen LogP contribution in [0.2, 0.25) is 0 Å². The highest BCUT2D eigenvalue weighted by Crippen LogP contribution is 2.16. The molecule has 0 rings (SSSR count). The Balaban J connectivity index is 3.22. The topological polar surface area (TPSA) is 0 Å². The van der Waals surface area contributed by atoms with Gasteiger partial charge in [-0.25, -0.2) is 0 Å². The fraction of sp³-hybridized carbons (Fsp3) is 1.00. The van der Waals surface area contributed by atoms with Crippen molar-refractivity contribution in [1.29, 1.82) is 0 Å². The van der Waals surface area contributed by atoms with E-state index in [1.165, 1.54) is 0 Å². The molecule has 0 aromatic heterocycles. The van der Waals surface area contributed by atoms with E-state index in [4.69, 9.17) is 34.8 Å². The number of hydrogen-bond acceptors (Lipinski definition) is 0. The summed E-state index contributed by atoms with van der Waals surface area (Å²) in [4.78, 5) is 0. The Kier molecular flexibility index (Phi) is 8.11. The molecule has 0 bridgehead atoms. The molecule has 0 aliphatic rings. The Labute approximate surface area is 84.2 Å². The lowest BCUT2D eigenvalue weighted by Gasteiger charge is -2.09. The molecule has 0 nitrogen and oxygen atoms in total. The Morgan fingerprint density at radius 1 is 1.00 bits per heavy atom. The largest absolute Gasteiger partial charge is 0.125 e. The lowest BCUT2D eigenvalue weighted by Crippen LogP contribution is -2.05.